The summed E-state index contributed by atoms with van der Waals surface area (Å²) in [5.74, 6) is 1.24. The molecule has 2 saturated heterocycles. The summed E-state index contributed by atoms with van der Waals surface area (Å²) in [5, 5.41) is 7.80. The van der Waals surface area contributed by atoms with Crippen molar-refractivity contribution in [3.8, 4) is 0 Å². The lowest BCUT2D eigenvalue weighted by Crippen LogP contribution is -2.37. The number of hydrogen-bond donors (Lipinski definition) is 1. The van der Waals surface area contributed by atoms with Crippen molar-refractivity contribution in [3.05, 3.63) is 22.6 Å². The van der Waals surface area contributed by atoms with Gasteiger partial charge in [-0.2, -0.15) is 5.10 Å². The lowest BCUT2D eigenvalue weighted by molar-refractivity contribution is 0.319. The van der Waals surface area contributed by atoms with Gasteiger partial charge < -0.3 is 10.2 Å². The fourth-order valence-electron chi connectivity index (χ4n) is 3.48. The van der Waals surface area contributed by atoms with E-state index >= 15 is 0 Å². The molecule has 5 heteroatoms. The molecule has 0 saturated carbocycles. The van der Waals surface area contributed by atoms with E-state index in [1.165, 1.54) is 25.7 Å². The maximum absolute atomic E-state index is 12.3. The van der Waals surface area contributed by atoms with Crippen LogP contribution in [0.15, 0.2) is 17.1 Å². The topological polar surface area (TPSA) is 50.2 Å². The Morgan fingerprint density at radius 2 is 2.29 bits per heavy atom. The van der Waals surface area contributed by atoms with E-state index < -0.39 is 0 Å². The van der Waals surface area contributed by atoms with E-state index in [1.54, 1.807) is 10.7 Å². The van der Waals surface area contributed by atoms with Crippen molar-refractivity contribution in [3.63, 3.8) is 0 Å². The Morgan fingerprint density at radius 3 is 3.00 bits per heavy atom. The van der Waals surface area contributed by atoms with Gasteiger partial charge in [-0.25, -0.2) is 4.68 Å². The van der Waals surface area contributed by atoms with Gasteiger partial charge >= 0.3 is 0 Å². The first-order valence-electron chi connectivity index (χ1n) is 8.25. The summed E-state index contributed by atoms with van der Waals surface area (Å²) in [4.78, 5) is 14.6. The Balaban J connectivity index is 1.68. The number of rotatable bonds is 3. The summed E-state index contributed by atoms with van der Waals surface area (Å²) < 4.78 is 1.63. The molecule has 0 aliphatic carbocycles. The van der Waals surface area contributed by atoms with Crippen LogP contribution in [-0.2, 0) is 6.54 Å². The SMILES string of the molecule is CC1CCCN(c2cnn(CC3CCCNC3)c(=O)c2)C1. The third-order valence-corrected chi connectivity index (χ3v) is 4.71. The van der Waals surface area contributed by atoms with E-state index in [0.717, 1.165) is 38.4 Å². The molecule has 2 atom stereocenters. The molecule has 2 fully saturated rings. The predicted octanol–water partition coefficient (Wildman–Crippen LogP) is 1.48. The number of anilines is 1. The molecule has 0 amide bonds. The van der Waals surface area contributed by atoms with Gasteiger partial charge in [0.2, 0.25) is 0 Å². The molecule has 116 valence electrons. The average Bonchev–Trinajstić information content (AvgIpc) is 2.50. The molecule has 0 bridgehead atoms. The smallest absolute Gasteiger partial charge is 0.268 e. The fraction of sp³-hybridized carbons (Fsp3) is 0.750. The molecular formula is C16H26N4O. The zero-order valence-electron chi connectivity index (χ0n) is 12.9. The van der Waals surface area contributed by atoms with Crippen molar-refractivity contribution in [2.24, 2.45) is 11.8 Å². The fourth-order valence-corrected chi connectivity index (χ4v) is 3.48. The van der Waals surface area contributed by atoms with Crippen LogP contribution in [0.25, 0.3) is 0 Å². The maximum Gasteiger partial charge on any atom is 0.268 e. The summed E-state index contributed by atoms with van der Waals surface area (Å²) in [6, 6.07) is 1.77. The minimum Gasteiger partial charge on any atom is -0.370 e. The van der Waals surface area contributed by atoms with E-state index in [1.807, 2.05) is 6.20 Å². The van der Waals surface area contributed by atoms with Gasteiger partial charge in [0, 0.05) is 25.7 Å². The molecule has 0 radical (unpaired) electrons. The average molecular weight is 290 g/mol. The van der Waals surface area contributed by atoms with Crippen LogP contribution in [-0.4, -0.2) is 36.0 Å². The molecular weight excluding hydrogens is 264 g/mol. The Bertz CT molecular complexity index is 521. The minimum absolute atomic E-state index is 0.0382. The normalized spacial score (nSPS) is 26.8. The standard InChI is InChI=1S/C16H26N4O/c1-13-4-3-7-19(11-13)15-8-16(21)20(18-10-15)12-14-5-2-6-17-9-14/h8,10,13-14,17H,2-7,9,11-12H2,1H3. The van der Waals surface area contributed by atoms with Crippen molar-refractivity contribution in [1.82, 2.24) is 15.1 Å². The first-order valence-corrected chi connectivity index (χ1v) is 8.25. The molecule has 21 heavy (non-hydrogen) atoms. The number of piperidine rings is 2. The number of hydrogen-bond acceptors (Lipinski definition) is 4. The van der Waals surface area contributed by atoms with Crippen molar-refractivity contribution in [2.75, 3.05) is 31.1 Å². The van der Waals surface area contributed by atoms with Gasteiger partial charge in [0.25, 0.3) is 5.56 Å². The molecule has 3 heterocycles. The first-order chi connectivity index (χ1) is 10.2. The molecule has 5 nitrogen and oxygen atoms in total. The van der Waals surface area contributed by atoms with E-state index in [2.05, 4.69) is 22.2 Å². The summed E-state index contributed by atoms with van der Waals surface area (Å²) in [7, 11) is 0. The highest BCUT2D eigenvalue weighted by atomic mass is 16.1. The molecule has 1 aromatic rings. The molecule has 0 aromatic carbocycles. The third-order valence-electron chi connectivity index (χ3n) is 4.71. The molecule has 1 N–H and O–H groups in total. The van der Waals surface area contributed by atoms with Crippen LogP contribution in [0, 0.1) is 11.8 Å². The van der Waals surface area contributed by atoms with Gasteiger partial charge in [0.05, 0.1) is 11.9 Å². The second-order valence-electron chi connectivity index (χ2n) is 6.64. The summed E-state index contributed by atoms with van der Waals surface area (Å²) in [5.41, 5.74) is 1.03. The number of aromatic nitrogens is 2. The monoisotopic (exact) mass is 290 g/mol. The Kier molecular flexibility index (Phi) is 4.58. The van der Waals surface area contributed by atoms with Gasteiger partial charge in [-0.1, -0.05) is 6.92 Å². The second kappa shape index (κ2) is 6.60. The first kappa shape index (κ1) is 14.6. The van der Waals surface area contributed by atoms with Crippen LogP contribution in [0.3, 0.4) is 0 Å². The third kappa shape index (κ3) is 3.64. The van der Waals surface area contributed by atoms with E-state index in [4.69, 9.17) is 0 Å². The zero-order valence-corrected chi connectivity index (χ0v) is 12.9. The summed E-state index contributed by atoms with van der Waals surface area (Å²) >= 11 is 0. The lowest BCUT2D eigenvalue weighted by atomic mass is 10.00. The summed E-state index contributed by atoms with van der Waals surface area (Å²) in [6.45, 7) is 7.20. The van der Waals surface area contributed by atoms with E-state index in [9.17, 15) is 4.79 Å². The van der Waals surface area contributed by atoms with Gasteiger partial charge in [-0.15, -0.1) is 0 Å². The van der Waals surface area contributed by atoms with Crippen LogP contribution in [0.4, 0.5) is 5.69 Å². The molecule has 1 aromatic heterocycles. The van der Waals surface area contributed by atoms with Gasteiger partial charge in [0.1, 0.15) is 0 Å². The minimum atomic E-state index is 0.0382. The Labute approximate surface area is 126 Å². The maximum atomic E-state index is 12.3. The van der Waals surface area contributed by atoms with Crippen molar-refractivity contribution in [1.29, 1.82) is 0 Å². The van der Waals surface area contributed by atoms with Crippen molar-refractivity contribution < 1.29 is 0 Å². The van der Waals surface area contributed by atoms with Gasteiger partial charge in [0.15, 0.2) is 0 Å². The summed E-state index contributed by atoms with van der Waals surface area (Å²) in [6.07, 6.45) is 6.75. The largest absolute Gasteiger partial charge is 0.370 e. The van der Waals surface area contributed by atoms with Crippen LogP contribution >= 0.6 is 0 Å². The molecule has 2 unspecified atom stereocenters. The highest BCUT2D eigenvalue weighted by molar-refractivity contribution is 5.43. The van der Waals surface area contributed by atoms with Crippen LogP contribution in [0.5, 0.6) is 0 Å². The highest BCUT2D eigenvalue weighted by Crippen LogP contribution is 2.21. The van der Waals surface area contributed by atoms with Crippen molar-refractivity contribution in [2.45, 2.75) is 39.2 Å². The quantitative estimate of drug-likeness (QED) is 0.916. The number of nitrogens with zero attached hydrogens (tertiary/aromatic N) is 3. The highest BCUT2D eigenvalue weighted by Gasteiger charge is 2.18. The van der Waals surface area contributed by atoms with E-state index in [-0.39, 0.29) is 5.56 Å². The molecule has 0 spiro atoms. The Hall–Kier alpha value is -1.36. The molecule has 2 aliphatic heterocycles. The van der Waals surface area contributed by atoms with Gasteiger partial charge in [-0.05, 0) is 50.6 Å². The van der Waals surface area contributed by atoms with Crippen LogP contribution in [0.2, 0.25) is 0 Å². The van der Waals surface area contributed by atoms with Gasteiger partial charge in [-0.3, -0.25) is 4.79 Å². The second-order valence-corrected chi connectivity index (χ2v) is 6.64. The van der Waals surface area contributed by atoms with Crippen LogP contribution < -0.4 is 15.8 Å². The van der Waals surface area contributed by atoms with Crippen LogP contribution in [0.1, 0.15) is 32.6 Å². The lowest BCUT2D eigenvalue weighted by Gasteiger charge is -2.32. The Morgan fingerprint density at radius 1 is 1.38 bits per heavy atom. The number of nitrogens with one attached hydrogen (secondary N) is 1. The zero-order chi connectivity index (χ0) is 14.7. The van der Waals surface area contributed by atoms with E-state index in [0.29, 0.717) is 11.8 Å². The van der Waals surface area contributed by atoms with Crippen molar-refractivity contribution >= 4 is 5.69 Å². The molecule has 2 aliphatic rings. The predicted molar refractivity (Wildman–Crippen MR) is 84.7 cm³/mol. The molecule has 3 rings (SSSR count).